The van der Waals surface area contributed by atoms with E-state index >= 15 is 0 Å². The van der Waals surface area contributed by atoms with E-state index in [2.05, 4.69) is 5.32 Å². The largest absolute Gasteiger partial charge is 0.456 e. The zero-order valence-electron chi connectivity index (χ0n) is 14.5. The van der Waals surface area contributed by atoms with Gasteiger partial charge in [0.05, 0.1) is 13.0 Å². The molecule has 0 bridgehead atoms. The number of Topliss-reactive ketones (excluding diaryl/α,β-unsaturated/α-hetero) is 1. The Hall–Kier alpha value is -2.52. The van der Waals surface area contributed by atoms with Crippen LogP contribution in [0.2, 0.25) is 0 Å². The van der Waals surface area contributed by atoms with Crippen molar-refractivity contribution in [2.45, 2.75) is 19.8 Å². The summed E-state index contributed by atoms with van der Waals surface area (Å²) in [6.07, 6.45) is -0.0849. The van der Waals surface area contributed by atoms with Crippen molar-refractivity contribution >= 4 is 23.6 Å². The fourth-order valence-electron chi connectivity index (χ4n) is 2.87. The van der Waals surface area contributed by atoms with Crippen LogP contribution in [0.25, 0.3) is 0 Å². The highest BCUT2D eigenvalue weighted by atomic mass is 16.6. The minimum absolute atomic E-state index is 0.170. The smallest absolute Gasteiger partial charge is 0.307 e. The number of likely N-dealkylation sites (N-methyl/N-ethyl adjacent to an activating group) is 2. The molecule has 140 valence electrons. The summed E-state index contributed by atoms with van der Waals surface area (Å²) in [5, 5.41) is 13.1. The molecule has 2 amide bonds. The first-order valence-electron chi connectivity index (χ1n) is 7.90. The van der Waals surface area contributed by atoms with Crippen molar-refractivity contribution in [3.63, 3.8) is 0 Å². The highest BCUT2D eigenvalue weighted by molar-refractivity contribution is 5.89. The second-order valence-corrected chi connectivity index (χ2v) is 6.22. The van der Waals surface area contributed by atoms with Gasteiger partial charge in [0.2, 0.25) is 12.5 Å². The van der Waals surface area contributed by atoms with E-state index in [0.29, 0.717) is 0 Å². The molecule has 1 N–H and O–H groups in total. The molecule has 1 aliphatic carbocycles. The third kappa shape index (κ3) is 6.12. The van der Waals surface area contributed by atoms with Crippen molar-refractivity contribution in [2.75, 3.05) is 33.8 Å². The maximum absolute atomic E-state index is 12.0. The number of amides is 2. The molecule has 0 aromatic heterocycles. The lowest BCUT2D eigenvalue weighted by atomic mass is 9.88. The van der Waals surface area contributed by atoms with E-state index in [0.717, 1.165) is 4.90 Å². The van der Waals surface area contributed by atoms with Gasteiger partial charge in [0.15, 0.2) is 6.61 Å². The number of carbonyl (C=O) groups is 4. The molecule has 0 unspecified atom stereocenters. The third-order valence-corrected chi connectivity index (χ3v) is 4.37. The molecule has 1 rings (SSSR count). The standard InChI is InChI=1S/C15H23N3O7/c1-9-4-12(19)10(11(9)6-18(23)24)5-15(22)25-8-14(21)17(3)7-13(20)16-2/h9-11H,4-8H2,1-3H3,(H,16,20)/t9-,10-,11+/m0/s1. The van der Waals surface area contributed by atoms with Crippen LogP contribution >= 0.6 is 0 Å². The van der Waals surface area contributed by atoms with Crippen molar-refractivity contribution in [2.24, 2.45) is 17.8 Å². The Labute approximate surface area is 145 Å². The molecular formula is C15H23N3O7. The summed E-state index contributed by atoms with van der Waals surface area (Å²) in [5.74, 6) is -3.33. The van der Waals surface area contributed by atoms with Crippen LogP contribution in [0.1, 0.15) is 19.8 Å². The van der Waals surface area contributed by atoms with E-state index in [1.54, 1.807) is 6.92 Å². The van der Waals surface area contributed by atoms with Gasteiger partial charge in [0, 0.05) is 37.3 Å². The molecule has 0 radical (unpaired) electrons. The van der Waals surface area contributed by atoms with Gasteiger partial charge in [-0.15, -0.1) is 0 Å². The van der Waals surface area contributed by atoms with E-state index < -0.39 is 35.2 Å². The topological polar surface area (TPSA) is 136 Å². The fraction of sp³-hybridized carbons (Fsp3) is 0.733. The first-order valence-corrected chi connectivity index (χ1v) is 7.90. The number of nitrogens with one attached hydrogen (secondary N) is 1. The van der Waals surface area contributed by atoms with Crippen LogP contribution in [-0.2, 0) is 23.9 Å². The molecule has 3 atom stereocenters. The lowest BCUT2D eigenvalue weighted by molar-refractivity contribution is -0.490. The number of ether oxygens (including phenoxy) is 1. The maximum Gasteiger partial charge on any atom is 0.307 e. The zero-order valence-corrected chi connectivity index (χ0v) is 14.5. The average molecular weight is 357 g/mol. The third-order valence-electron chi connectivity index (χ3n) is 4.37. The molecule has 0 aromatic carbocycles. The Bertz CT molecular complexity index is 563. The fourth-order valence-corrected chi connectivity index (χ4v) is 2.87. The number of carbonyl (C=O) groups excluding carboxylic acids is 4. The Morgan fingerprint density at radius 2 is 2.04 bits per heavy atom. The Morgan fingerprint density at radius 1 is 1.40 bits per heavy atom. The summed E-state index contributed by atoms with van der Waals surface area (Å²) in [7, 11) is 2.82. The second kappa shape index (κ2) is 9.09. The predicted molar refractivity (Wildman–Crippen MR) is 84.9 cm³/mol. The lowest BCUT2D eigenvalue weighted by Gasteiger charge is -2.18. The van der Waals surface area contributed by atoms with Gasteiger partial charge in [-0.1, -0.05) is 6.92 Å². The molecule has 0 aromatic rings. The summed E-state index contributed by atoms with van der Waals surface area (Å²) in [6, 6.07) is 0. The van der Waals surface area contributed by atoms with Crippen LogP contribution < -0.4 is 5.32 Å². The quantitative estimate of drug-likeness (QED) is 0.342. The van der Waals surface area contributed by atoms with Crippen LogP contribution in [-0.4, -0.2) is 67.2 Å². The highest BCUT2D eigenvalue weighted by Crippen LogP contribution is 2.36. The van der Waals surface area contributed by atoms with Crippen molar-refractivity contribution in [1.82, 2.24) is 10.2 Å². The van der Waals surface area contributed by atoms with Gasteiger partial charge < -0.3 is 15.0 Å². The maximum atomic E-state index is 12.0. The van der Waals surface area contributed by atoms with E-state index in [-0.39, 0.29) is 43.5 Å². The molecular weight excluding hydrogens is 334 g/mol. The zero-order chi connectivity index (χ0) is 19.1. The molecule has 10 nitrogen and oxygen atoms in total. The predicted octanol–water partition coefficient (Wildman–Crippen LogP) is -0.758. The molecule has 25 heavy (non-hydrogen) atoms. The Kier molecular flexibility index (Phi) is 7.46. The van der Waals surface area contributed by atoms with E-state index in [1.165, 1.54) is 14.1 Å². The number of nitro groups is 1. The molecule has 1 saturated carbocycles. The Balaban J connectivity index is 2.52. The molecule has 1 aliphatic rings. The van der Waals surface area contributed by atoms with Gasteiger partial charge in [-0.25, -0.2) is 0 Å². The van der Waals surface area contributed by atoms with Crippen LogP contribution in [0.5, 0.6) is 0 Å². The number of hydrogen-bond donors (Lipinski definition) is 1. The number of nitrogens with zero attached hydrogens (tertiary/aromatic N) is 2. The van der Waals surface area contributed by atoms with Crippen molar-refractivity contribution < 1.29 is 28.8 Å². The average Bonchev–Trinajstić information content (AvgIpc) is 2.78. The van der Waals surface area contributed by atoms with Crippen LogP contribution in [0.15, 0.2) is 0 Å². The van der Waals surface area contributed by atoms with Crippen molar-refractivity contribution in [1.29, 1.82) is 0 Å². The van der Waals surface area contributed by atoms with Gasteiger partial charge in [0.25, 0.3) is 5.91 Å². The summed E-state index contributed by atoms with van der Waals surface area (Å²) >= 11 is 0. The van der Waals surface area contributed by atoms with Crippen LogP contribution in [0.3, 0.4) is 0 Å². The molecule has 0 heterocycles. The minimum Gasteiger partial charge on any atom is -0.456 e. The van der Waals surface area contributed by atoms with E-state index in [9.17, 15) is 29.3 Å². The monoisotopic (exact) mass is 357 g/mol. The SMILES string of the molecule is CNC(=O)CN(C)C(=O)COC(=O)C[C@@H]1C(=O)C[C@H](C)[C@H]1C[N+](=O)[O-]. The first-order chi connectivity index (χ1) is 11.6. The van der Waals surface area contributed by atoms with E-state index in [1.807, 2.05) is 0 Å². The van der Waals surface area contributed by atoms with Gasteiger partial charge in [0.1, 0.15) is 5.78 Å². The first kappa shape index (κ1) is 20.5. The van der Waals surface area contributed by atoms with Crippen LogP contribution in [0, 0.1) is 27.9 Å². The molecule has 0 spiro atoms. The summed E-state index contributed by atoms with van der Waals surface area (Å²) in [6.45, 7) is 0.645. The number of esters is 1. The van der Waals surface area contributed by atoms with Crippen molar-refractivity contribution in [3.8, 4) is 0 Å². The van der Waals surface area contributed by atoms with Gasteiger partial charge >= 0.3 is 5.97 Å². The van der Waals surface area contributed by atoms with E-state index in [4.69, 9.17) is 4.74 Å². The molecule has 1 fully saturated rings. The summed E-state index contributed by atoms with van der Waals surface area (Å²) in [5.41, 5.74) is 0. The summed E-state index contributed by atoms with van der Waals surface area (Å²) < 4.78 is 4.86. The Morgan fingerprint density at radius 3 is 2.60 bits per heavy atom. The van der Waals surface area contributed by atoms with Gasteiger partial charge in [-0.2, -0.15) is 0 Å². The number of rotatable bonds is 8. The van der Waals surface area contributed by atoms with Crippen molar-refractivity contribution in [3.05, 3.63) is 10.1 Å². The molecule has 0 saturated heterocycles. The van der Waals surface area contributed by atoms with Gasteiger partial charge in [-0.3, -0.25) is 29.3 Å². The van der Waals surface area contributed by atoms with Gasteiger partial charge in [-0.05, 0) is 5.92 Å². The number of ketones is 1. The number of hydrogen-bond acceptors (Lipinski definition) is 7. The minimum atomic E-state index is -0.762. The lowest BCUT2D eigenvalue weighted by Crippen LogP contribution is -2.39. The molecule has 10 heteroatoms. The normalized spacial score (nSPS) is 22.4. The molecule has 0 aliphatic heterocycles. The highest BCUT2D eigenvalue weighted by Gasteiger charge is 2.44. The van der Waals surface area contributed by atoms with Crippen LogP contribution in [0.4, 0.5) is 0 Å². The second-order valence-electron chi connectivity index (χ2n) is 6.22. The summed E-state index contributed by atoms with van der Waals surface area (Å²) in [4.78, 5) is 58.2.